The van der Waals surface area contributed by atoms with Crippen LogP contribution in [0.25, 0.3) is 0 Å². The smallest absolute Gasteiger partial charge is 0.409 e. The highest BCUT2D eigenvalue weighted by molar-refractivity contribution is 9.10. The summed E-state index contributed by atoms with van der Waals surface area (Å²) in [5.74, 6) is 0. The number of carbonyl (C=O) groups excluding carboxylic acids is 1. The number of amides is 1. The van der Waals surface area contributed by atoms with Gasteiger partial charge in [-0.1, -0.05) is 6.07 Å². The number of halogens is 1. The third-order valence-corrected chi connectivity index (χ3v) is 4.17. The number of nitrogens with one attached hydrogen (secondary N) is 1. The summed E-state index contributed by atoms with van der Waals surface area (Å²) < 4.78 is 5.80. The third-order valence-electron chi connectivity index (χ3n) is 3.51. The fourth-order valence-corrected chi connectivity index (χ4v) is 2.85. The molecule has 0 unspecified atom stereocenters. The van der Waals surface area contributed by atoms with Crippen LogP contribution in [0.2, 0.25) is 0 Å². The molecule has 1 aliphatic rings. The highest BCUT2D eigenvalue weighted by atomic mass is 79.9. The maximum atomic E-state index is 11.6. The molecule has 0 saturated carbocycles. The Morgan fingerprint density at radius 2 is 2.24 bits per heavy atom. The van der Waals surface area contributed by atoms with Crippen molar-refractivity contribution < 1.29 is 9.53 Å². The van der Waals surface area contributed by atoms with Crippen molar-refractivity contribution in [2.24, 2.45) is 0 Å². The number of likely N-dealkylation sites (tertiary alicyclic amines) is 1. The van der Waals surface area contributed by atoms with E-state index in [1.165, 1.54) is 0 Å². The third kappa shape index (κ3) is 3.88. The number of hydrogen-bond acceptors (Lipinski definition) is 4. The van der Waals surface area contributed by atoms with E-state index in [-0.39, 0.29) is 12.1 Å². The van der Waals surface area contributed by atoms with Crippen LogP contribution in [0.3, 0.4) is 0 Å². The van der Waals surface area contributed by atoms with Crippen LogP contribution in [0.5, 0.6) is 0 Å². The molecule has 0 radical (unpaired) electrons. The van der Waals surface area contributed by atoms with Crippen LogP contribution in [0.4, 0.5) is 10.5 Å². The minimum Gasteiger partial charge on any atom is -0.450 e. The van der Waals surface area contributed by atoms with Crippen molar-refractivity contribution in [2.45, 2.75) is 25.8 Å². The second-order valence-corrected chi connectivity index (χ2v) is 5.73. The zero-order valence-corrected chi connectivity index (χ0v) is 13.5. The molecule has 1 aliphatic heterocycles. The van der Waals surface area contributed by atoms with Gasteiger partial charge >= 0.3 is 6.09 Å². The van der Waals surface area contributed by atoms with Crippen LogP contribution < -0.4 is 5.32 Å². The van der Waals surface area contributed by atoms with E-state index in [0.717, 1.165) is 23.0 Å². The second-order valence-electron chi connectivity index (χ2n) is 4.88. The molecule has 1 aromatic carbocycles. The first kappa shape index (κ1) is 15.6. The molecule has 0 aromatic heterocycles. The Hall–Kier alpha value is -1.74. The Kier molecular flexibility index (Phi) is 5.45. The fraction of sp³-hybridized carbons (Fsp3) is 0.467. The maximum absolute atomic E-state index is 11.6. The number of anilines is 1. The Labute approximate surface area is 133 Å². The summed E-state index contributed by atoms with van der Waals surface area (Å²) in [6.07, 6.45) is 1.45. The number of benzene rings is 1. The lowest BCUT2D eigenvalue weighted by atomic mass is 10.0. The molecule has 1 aromatic rings. The minimum absolute atomic E-state index is 0.240. The minimum atomic E-state index is -0.240. The molecular weight excluding hydrogens is 334 g/mol. The molecular formula is C15H18BrN3O2. The number of piperidine rings is 1. The topological polar surface area (TPSA) is 65.4 Å². The van der Waals surface area contributed by atoms with Gasteiger partial charge in [-0.2, -0.15) is 5.26 Å². The van der Waals surface area contributed by atoms with Gasteiger partial charge < -0.3 is 15.0 Å². The van der Waals surface area contributed by atoms with Gasteiger partial charge in [-0.15, -0.1) is 0 Å². The largest absolute Gasteiger partial charge is 0.450 e. The molecule has 1 fully saturated rings. The zero-order chi connectivity index (χ0) is 15.2. The molecule has 21 heavy (non-hydrogen) atoms. The first-order valence-corrected chi connectivity index (χ1v) is 7.81. The molecule has 0 spiro atoms. The summed E-state index contributed by atoms with van der Waals surface area (Å²) in [5.41, 5.74) is 1.45. The van der Waals surface area contributed by atoms with E-state index in [9.17, 15) is 10.1 Å². The number of carbonyl (C=O) groups is 1. The summed E-state index contributed by atoms with van der Waals surface area (Å²) in [6, 6.07) is 8.13. The first-order valence-electron chi connectivity index (χ1n) is 7.02. The van der Waals surface area contributed by atoms with Gasteiger partial charge in [-0.3, -0.25) is 0 Å². The van der Waals surface area contributed by atoms with Crippen LogP contribution in [0.15, 0.2) is 22.7 Å². The van der Waals surface area contributed by atoms with Gasteiger partial charge in [-0.25, -0.2) is 4.79 Å². The van der Waals surface area contributed by atoms with Crippen LogP contribution in [-0.4, -0.2) is 36.7 Å². The van der Waals surface area contributed by atoms with E-state index in [4.69, 9.17) is 4.74 Å². The normalized spacial score (nSPS) is 15.4. The number of rotatable bonds is 3. The Morgan fingerprint density at radius 1 is 1.52 bits per heavy atom. The molecule has 1 amide bonds. The van der Waals surface area contributed by atoms with Crippen molar-refractivity contribution in [3.8, 4) is 6.07 Å². The summed E-state index contributed by atoms with van der Waals surface area (Å²) >= 11 is 3.39. The van der Waals surface area contributed by atoms with Gasteiger partial charge in [0.1, 0.15) is 6.07 Å². The van der Waals surface area contributed by atoms with E-state index in [0.29, 0.717) is 25.3 Å². The van der Waals surface area contributed by atoms with E-state index in [1.807, 2.05) is 25.1 Å². The summed E-state index contributed by atoms with van der Waals surface area (Å²) in [7, 11) is 0. The number of nitriles is 1. The molecule has 6 heteroatoms. The van der Waals surface area contributed by atoms with Gasteiger partial charge in [0.2, 0.25) is 0 Å². The van der Waals surface area contributed by atoms with Crippen molar-refractivity contribution in [1.82, 2.24) is 4.90 Å². The van der Waals surface area contributed by atoms with E-state index < -0.39 is 0 Å². The average Bonchev–Trinajstić information content (AvgIpc) is 2.48. The van der Waals surface area contributed by atoms with Crippen molar-refractivity contribution in [3.05, 3.63) is 28.2 Å². The number of hydrogen-bond donors (Lipinski definition) is 1. The van der Waals surface area contributed by atoms with Gasteiger partial charge in [0.25, 0.3) is 0 Å². The predicted octanol–water partition coefficient (Wildman–Crippen LogP) is 3.35. The average molecular weight is 352 g/mol. The predicted molar refractivity (Wildman–Crippen MR) is 84.1 cm³/mol. The molecule has 1 saturated heterocycles. The Balaban J connectivity index is 1.94. The van der Waals surface area contributed by atoms with E-state index in [1.54, 1.807) is 4.90 Å². The molecule has 0 bridgehead atoms. The van der Waals surface area contributed by atoms with E-state index >= 15 is 0 Å². The van der Waals surface area contributed by atoms with Crippen molar-refractivity contribution in [3.63, 3.8) is 0 Å². The molecule has 5 nitrogen and oxygen atoms in total. The Bertz CT molecular complexity index is 548. The van der Waals surface area contributed by atoms with Crippen molar-refractivity contribution >= 4 is 27.7 Å². The lowest BCUT2D eigenvalue weighted by molar-refractivity contribution is 0.0983. The lowest BCUT2D eigenvalue weighted by Gasteiger charge is -2.32. The highest BCUT2D eigenvalue weighted by Gasteiger charge is 2.24. The van der Waals surface area contributed by atoms with Gasteiger partial charge in [-0.05, 0) is 47.8 Å². The number of nitrogens with zero attached hydrogens (tertiary/aromatic N) is 2. The van der Waals surface area contributed by atoms with Gasteiger partial charge in [0.15, 0.2) is 0 Å². The molecule has 0 aliphatic carbocycles. The van der Waals surface area contributed by atoms with Crippen LogP contribution in [0, 0.1) is 11.3 Å². The first-order chi connectivity index (χ1) is 10.2. The molecule has 1 heterocycles. The van der Waals surface area contributed by atoms with Crippen molar-refractivity contribution in [2.75, 3.05) is 25.0 Å². The fourth-order valence-electron chi connectivity index (χ4n) is 2.40. The summed E-state index contributed by atoms with van der Waals surface area (Å²) in [4.78, 5) is 13.4. The quantitative estimate of drug-likeness (QED) is 0.906. The standard InChI is InChI=1S/C15H18BrN3O2/c1-2-21-15(20)19-8-6-11(7-9-19)18-14-5-3-4-13(16)12(14)10-17/h3-5,11,18H,2,6-9H2,1H3. The molecule has 112 valence electrons. The van der Waals surface area contributed by atoms with Crippen molar-refractivity contribution in [1.29, 1.82) is 5.26 Å². The molecule has 1 N–H and O–H groups in total. The van der Waals surface area contributed by atoms with Gasteiger partial charge in [0, 0.05) is 23.6 Å². The zero-order valence-electron chi connectivity index (χ0n) is 11.9. The monoisotopic (exact) mass is 351 g/mol. The lowest BCUT2D eigenvalue weighted by Crippen LogP contribution is -2.42. The molecule has 0 atom stereocenters. The maximum Gasteiger partial charge on any atom is 0.409 e. The Morgan fingerprint density at radius 3 is 2.86 bits per heavy atom. The van der Waals surface area contributed by atoms with Crippen LogP contribution >= 0.6 is 15.9 Å². The second kappa shape index (κ2) is 7.32. The van der Waals surface area contributed by atoms with E-state index in [2.05, 4.69) is 27.3 Å². The number of ether oxygens (including phenoxy) is 1. The summed E-state index contributed by atoms with van der Waals surface area (Å²) in [6.45, 7) is 3.56. The van der Waals surface area contributed by atoms with Crippen LogP contribution in [0.1, 0.15) is 25.3 Å². The summed E-state index contributed by atoms with van der Waals surface area (Å²) in [5, 5.41) is 12.6. The van der Waals surface area contributed by atoms with Crippen LogP contribution in [-0.2, 0) is 4.74 Å². The SMILES string of the molecule is CCOC(=O)N1CCC(Nc2cccc(Br)c2C#N)CC1. The highest BCUT2D eigenvalue weighted by Crippen LogP contribution is 2.26. The molecule has 2 rings (SSSR count). The van der Waals surface area contributed by atoms with Gasteiger partial charge in [0.05, 0.1) is 17.9 Å².